The number of rotatable bonds is 2. The first-order valence-corrected chi connectivity index (χ1v) is 4.22. The molecule has 0 radical (unpaired) electrons. The Balaban J connectivity index is 2.41. The molecule has 0 atom stereocenters. The van der Waals surface area contributed by atoms with Crippen molar-refractivity contribution in [2.75, 3.05) is 0 Å². The summed E-state index contributed by atoms with van der Waals surface area (Å²) in [5.41, 5.74) is 1.31. The van der Waals surface area contributed by atoms with Crippen LogP contribution < -0.4 is 0 Å². The highest BCUT2D eigenvalue weighted by atomic mass is 16.3. The summed E-state index contributed by atoms with van der Waals surface area (Å²) < 4.78 is 1.68. The summed E-state index contributed by atoms with van der Waals surface area (Å²) in [7, 11) is 1.83. The van der Waals surface area contributed by atoms with E-state index in [-0.39, 0.29) is 6.61 Å². The molecule has 2 rings (SSSR count). The summed E-state index contributed by atoms with van der Waals surface area (Å²) in [6.07, 6.45) is 3.44. The van der Waals surface area contributed by atoms with Crippen LogP contribution in [-0.2, 0) is 13.7 Å². The second-order valence-electron chi connectivity index (χ2n) is 2.90. The highest BCUT2D eigenvalue weighted by Gasteiger charge is 2.04. The zero-order valence-electron chi connectivity index (χ0n) is 7.75. The van der Waals surface area contributed by atoms with Crippen molar-refractivity contribution in [1.29, 1.82) is 0 Å². The third-order valence-electron chi connectivity index (χ3n) is 1.82. The van der Waals surface area contributed by atoms with Crippen molar-refractivity contribution in [3.8, 4) is 11.5 Å². The quantitative estimate of drug-likeness (QED) is 0.743. The number of aromatic nitrogens is 4. The Morgan fingerprint density at radius 1 is 1.43 bits per heavy atom. The Hall–Kier alpha value is -1.75. The average Bonchev–Trinajstić information content (AvgIpc) is 2.65. The molecule has 0 bridgehead atoms. The summed E-state index contributed by atoms with van der Waals surface area (Å²) in [4.78, 5) is 8.21. The normalized spacial score (nSPS) is 10.4. The third-order valence-corrected chi connectivity index (χ3v) is 1.82. The Bertz CT molecular complexity index is 438. The number of aliphatic hydroxyl groups excluding tert-OH is 1. The van der Waals surface area contributed by atoms with Gasteiger partial charge in [0, 0.05) is 19.4 Å². The molecular formula is C9H10N4O. The molecule has 5 nitrogen and oxygen atoms in total. The smallest absolute Gasteiger partial charge is 0.180 e. The molecule has 0 aliphatic rings. The van der Waals surface area contributed by atoms with Gasteiger partial charge in [0.1, 0.15) is 5.69 Å². The average molecular weight is 190 g/mol. The van der Waals surface area contributed by atoms with E-state index in [9.17, 15) is 0 Å². The summed E-state index contributed by atoms with van der Waals surface area (Å²) >= 11 is 0. The first kappa shape index (κ1) is 8.83. The van der Waals surface area contributed by atoms with Crippen LogP contribution in [0.25, 0.3) is 11.5 Å². The van der Waals surface area contributed by atoms with E-state index in [0.717, 1.165) is 0 Å². The van der Waals surface area contributed by atoms with Gasteiger partial charge in [-0.15, -0.1) is 0 Å². The lowest BCUT2D eigenvalue weighted by molar-refractivity contribution is 0.277. The third kappa shape index (κ3) is 1.62. The van der Waals surface area contributed by atoms with Crippen molar-refractivity contribution in [2.45, 2.75) is 6.61 Å². The van der Waals surface area contributed by atoms with Gasteiger partial charge in [-0.1, -0.05) is 0 Å². The molecule has 0 fully saturated rings. The fraction of sp³-hybridized carbons (Fsp3) is 0.222. The molecule has 5 heteroatoms. The lowest BCUT2D eigenvalue weighted by Gasteiger charge is -1.97. The van der Waals surface area contributed by atoms with E-state index in [4.69, 9.17) is 5.11 Å². The monoisotopic (exact) mass is 190 g/mol. The van der Waals surface area contributed by atoms with Gasteiger partial charge in [0.15, 0.2) is 5.82 Å². The summed E-state index contributed by atoms with van der Waals surface area (Å²) in [5, 5.41) is 13.1. The molecule has 14 heavy (non-hydrogen) atoms. The Morgan fingerprint density at radius 3 is 2.93 bits per heavy atom. The van der Waals surface area contributed by atoms with Crippen molar-refractivity contribution in [2.24, 2.45) is 7.05 Å². The first-order chi connectivity index (χ1) is 6.79. The Morgan fingerprint density at radius 2 is 2.29 bits per heavy atom. The SMILES string of the molecule is Cn1ccc(-c2nccc(CO)n2)n1. The van der Waals surface area contributed by atoms with Gasteiger partial charge in [0.05, 0.1) is 12.3 Å². The topological polar surface area (TPSA) is 63.8 Å². The van der Waals surface area contributed by atoms with E-state index in [1.807, 2.05) is 19.3 Å². The summed E-state index contributed by atoms with van der Waals surface area (Å²) in [5.74, 6) is 0.539. The molecule has 1 N–H and O–H groups in total. The van der Waals surface area contributed by atoms with Crippen LogP contribution in [0, 0.1) is 0 Å². The van der Waals surface area contributed by atoms with Crippen molar-refractivity contribution in [3.05, 3.63) is 30.2 Å². The van der Waals surface area contributed by atoms with Gasteiger partial charge < -0.3 is 5.11 Å². The van der Waals surface area contributed by atoms with Crippen LogP contribution in [0.3, 0.4) is 0 Å². The van der Waals surface area contributed by atoms with Gasteiger partial charge in [0.25, 0.3) is 0 Å². The van der Waals surface area contributed by atoms with Gasteiger partial charge in [-0.25, -0.2) is 9.97 Å². The van der Waals surface area contributed by atoms with Gasteiger partial charge in [-0.3, -0.25) is 4.68 Å². The maximum absolute atomic E-state index is 8.90. The minimum Gasteiger partial charge on any atom is -0.390 e. The highest BCUT2D eigenvalue weighted by Crippen LogP contribution is 2.10. The number of nitrogens with zero attached hydrogens (tertiary/aromatic N) is 4. The van der Waals surface area contributed by atoms with Crippen LogP contribution >= 0.6 is 0 Å². The molecule has 0 aliphatic heterocycles. The van der Waals surface area contributed by atoms with Crippen LogP contribution in [0.5, 0.6) is 0 Å². The van der Waals surface area contributed by atoms with E-state index in [1.54, 1.807) is 16.9 Å². The summed E-state index contributed by atoms with van der Waals surface area (Å²) in [6, 6.07) is 3.50. The Labute approximate surface area is 81.1 Å². The van der Waals surface area contributed by atoms with E-state index in [1.165, 1.54) is 0 Å². The van der Waals surface area contributed by atoms with Crippen LogP contribution in [0.2, 0.25) is 0 Å². The van der Waals surface area contributed by atoms with Gasteiger partial charge in [-0.05, 0) is 12.1 Å². The number of aliphatic hydroxyl groups is 1. The predicted molar refractivity (Wildman–Crippen MR) is 50.2 cm³/mol. The Kier molecular flexibility index (Phi) is 2.24. The second-order valence-corrected chi connectivity index (χ2v) is 2.90. The van der Waals surface area contributed by atoms with Gasteiger partial charge >= 0.3 is 0 Å². The van der Waals surface area contributed by atoms with Crippen LogP contribution in [-0.4, -0.2) is 24.9 Å². The second kappa shape index (κ2) is 3.55. The van der Waals surface area contributed by atoms with Crippen molar-refractivity contribution in [1.82, 2.24) is 19.7 Å². The maximum atomic E-state index is 8.90. The molecular weight excluding hydrogens is 180 g/mol. The van der Waals surface area contributed by atoms with E-state index in [0.29, 0.717) is 17.2 Å². The van der Waals surface area contributed by atoms with Crippen LogP contribution in [0.4, 0.5) is 0 Å². The molecule has 0 amide bonds. The lowest BCUT2D eigenvalue weighted by Crippen LogP contribution is -1.96. The number of aryl methyl sites for hydroxylation is 1. The minimum atomic E-state index is -0.0810. The zero-order chi connectivity index (χ0) is 9.97. The minimum absolute atomic E-state index is 0.0810. The van der Waals surface area contributed by atoms with Crippen LogP contribution in [0.1, 0.15) is 5.69 Å². The zero-order valence-corrected chi connectivity index (χ0v) is 7.75. The fourth-order valence-electron chi connectivity index (χ4n) is 1.14. The molecule has 0 unspecified atom stereocenters. The predicted octanol–water partition coefficient (Wildman–Crippen LogP) is 0.369. The van der Waals surface area contributed by atoms with Gasteiger partial charge in [-0.2, -0.15) is 5.10 Å². The molecule has 2 heterocycles. The van der Waals surface area contributed by atoms with E-state index >= 15 is 0 Å². The molecule has 0 saturated carbocycles. The standard InChI is InChI=1S/C9H10N4O/c1-13-5-3-8(12-13)9-10-4-2-7(6-14)11-9/h2-5,14H,6H2,1H3. The molecule has 2 aromatic rings. The first-order valence-electron chi connectivity index (χ1n) is 4.22. The molecule has 0 spiro atoms. The van der Waals surface area contributed by atoms with Crippen molar-refractivity contribution >= 4 is 0 Å². The number of hydrogen-bond acceptors (Lipinski definition) is 4. The molecule has 0 saturated heterocycles. The van der Waals surface area contributed by atoms with Crippen LogP contribution in [0.15, 0.2) is 24.5 Å². The van der Waals surface area contributed by atoms with Gasteiger partial charge in [0.2, 0.25) is 0 Å². The molecule has 0 aliphatic carbocycles. The van der Waals surface area contributed by atoms with E-state index < -0.39 is 0 Å². The molecule has 0 aromatic carbocycles. The maximum Gasteiger partial charge on any atom is 0.180 e. The van der Waals surface area contributed by atoms with E-state index in [2.05, 4.69) is 15.1 Å². The molecule has 2 aromatic heterocycles. The fourth-order valence-corrected chi connectivity index (χ4v) is 1.14. The van der Waals surface area contributed by atoms with Crippen molar-refractivity contribution in [3.63, 3.8) is 0 Å². The van der Waals surface area contributed by atoms with Crippen molar-refractivity contribution < 1.29 is 5.11 Å². The summed E-state index contributed by atoms with van der Waals surface area (Å²) in [6.45, 7) is -0.0810. The molecule has 72 valence electrons. The number of hydrogen-bond donors (Lipinski definition) is 1. The lowest BCUT2D eigenvalue weighted by atomic mass is 10.3. The highest BCUT2D eigenvalue weighted by molar-refractivity contribution is 5.47. The largest absolute Gasteiger partial charge is 0.390 e.